The summed E-state index contributed by atoms with van der Waals surface area (Å²) in [7, 11) is 0. The molecule has 2 amide bonds. The molecule has 4 nitrogen and oxygen atoms in total. The summed E-state index contributed by atoms with van der Waals surface area (Å²) in [6, 6.07) is 7.90. The van der Waals surface area contributed by atoms with Crippen LogP contribution in [0.1, 0.15) is 119 Å². The molecule has 0 heterocycles. The maximum absolute atomic E-state index is 14.2. The summed E-state index contributed by atoms with van der Waals surface area (Å²) in [4.78, 5) is 28.3. The Kier molecular flexibility index (Phi) is 4.68. The van der Waals surface area contributed by atoms with Crippen LogP contribution in [0, 0.1) is 43.3 Å². The molecular weight excluding hydrogens is 468 g/mol. The van der Waals surface area contributed by atoms with E-state index in [1.807, 2.05) is 24.3 Å². The number of para-hydroxylation sites is 2. The van der Waals surface area contributed by atoms with E-state index < -0.39 is 0 Å². The molecule has 38 heavy (non-hydrogen) atoms. The summed E-state index contributed by atoms with van der Waals surface area (Å²) in [6.07, 6.45) is 13.4. The lowest BCUT2D eigenvalue weighted by Crippen LogP contribution is -2.62. The van der Waals surface area contributed by atoms with E-state index in [2.05, 4.69) is 52.2 Å². The molecule has 0 radical (unpaired) electrons. The molecule has 206 valence electrons. The van der Waals surface area contributed by atoms with Crippen molar-refractivity contribution in [1.29, 1.82) is 0 Å². The first-order chi connectivity index (χ1) is 17.5. The molecule has 0 aromatic heterocycles. The SMILES string of the molecule is CC12CC3(C)CC(C)(C1)CC(C(=O)Nc1ccccc1NC(=O)C14CC5(C)CC(C)(CC(C)(C5)C1)C4)(C2)C3. The number of carbonyl (C=O) groups excluding carboxylic acids is 2. The quantitative estimate of drug-likeness (QED) is 0.422. The summed E-state index contributed by atoms with van der Waals surface area (Å²) in [5, 5.41) is 6.73. The van der Waals surface area contributed by atoms with Crippen LogP contribution in [0.25, 0.3) is 0 Å². The second-order valence-electron chi connectivity index (χ2n) is 18.0. The molecule has 8 fully saturated rings. The van der Waals surface area contributed by atoms with E-state index in [1.54, 1.807) is 0 Å². The molecular formula is C34H48N2O2. The van der Waals surface area contributed by atoms with Gasteiger partial charge < -0.3 is 10.6 Å². The number of anilines is 2. The van der Waals surface area contributed by atoms with Gasteiger partial charge in [0.05, 0.1) is 22.2 Å². The maximum atomic E-state index is 14.2. The van der Waals surface area contributed by atoms with Crippen LogP contribution in [-0.2, 0) is 9.59 Å². The highest BCUT2D eigenvalue weighted by molar-refractivity contribution is 6.03. The first-order valence-corrected chi connectivity index (χ1v) is 15.2. The molecule has 4 heteroatoms. The normalized spacial score (nSPS) is 51.7. The molecule has 8 bridgehead atoms. The van der Waals surface area contributed by atoms with Crippen molar-refractivity contribution in [1.82, 2.24) is 0 Å². The summed E-state index contributed by atoms with van der Waals surface area (Å²) in [6.45, 7) is 14.5. The van der Waals surface area contributed by atoms with Gasteiger partial charge in [-0.15, -0.1) is 0 Å². The van der Waals surface area contributed by atoms with Gasteiger partial charge in [0.25, 0.3) is 0 Å². The van der Waals surface area contributed by atoms with Gasteiger partial charge >= 0.3 is 0 Å². The average molecular weight is 517 g/mol. The Morgan fingerprint density at radius 2 is 0.711 bits per heavy atom. The zero-order chi connectivity index (χ0) is 27.0. The van der Waals surface area contributed by atoms with Gasteiger partial charge in [-0.3, -0.25) is 9.59 Å². The van der Waals surface area contributed by atoms with Gasteiger partial charge in [0.1, 0.15) is 0 Å². The van der Waals surface area contributed by atoms with E-state index in [1.165, 1.54) is 38.5 Å². The zero-order valence-corrected chi connectivity index (χ0v) is 24.6. The van der Waals surface area contributed by atoms with E-state index in [0.717, 1.165) is 49.9 Å². The molecule has 0 unspecified atom stereocenters. The minimum atomic E-state index is -0.304. The first kappa shape index (κ1) is 25.1. The lowest BCUT2D eigenvalue weighted by Gasteiger charge is -2.68. The van der Waals surface area contributed by atoms with Crippen LogP contribution in [0.3, 0.4) is 0 Å². The zero-order valence-electron chi connectivity index (χ0n) is 24.6. The van der Waals surface area contributed by atoms with Gasteiger partial charge in [-0.2, -0.15) is 0 Å². The Labute approximate surface area is 229 Å². The van der Waals surface area contributed by atoms with Gasteiger partial charge in [-0.1, -0.05) is 53.7 Å². The van der Waals surface area contributed by atoms with Crippen molar-refractivity contribution in [3.8, 4) is 0 Å². The standard InChI is InChI=1S/C34H48N2O2/c1-27-11-28(2)13-29(3,12-27)19-33(17-27,18-28)25(37)35-23-9-7-8-10-24(23)36-26(38)34-20-30(4)14-31(5,21-34)16-32(6,15-30)22-34/h7-10H,11-22H2,1-6H3,(H,35,37)(H,36,38). The third kappa shape index (κ3) is 3.67. The van der Waals surface area contributed by atoms with Crippen LogP contribution in [0.15, 0.2) is 24.3 Å². The van der Waals surface area contributed by atoms with E-state index in [-0.39, 0.29) is 55.1 Å². The highest BCUT2D eigenvalue weighted by Crippen LogP contribution is 2.75. The highest BCUT2D eigenvalue weighted by Gasteiger charge is 2.67. The molecule has 8 aliphatic rings. The number of carbonyl (C=O) groups is 2. The molecule has 1 aromatic rings. The van der Waals surface area contributed by atoms with Crippen molar-refractivity contribution < 1.29 is 9.59 Å². The molecule has 8 aliphatic carbocycles. The fourth-order valence-electron chi connectivity index (χ4n) is 14.3. The second-order valence-corrected chi connectivity index (χ2v) is 18.0. The predicted molar refractivity (Wildman–Crippen MR) is 153 cm³/mol. The van der Waals surface area contributed by atoms with Crippen LogP contribution < -0.4 is 10.6 Å². The third-order valence-electron chi connectivity index (χ3n) is 12.1. The summed E-state index contributed by atoms with van der Waals surface area (Å²) in [5.74, 6) is 0.341. The molecule has 0 spiro atoms. The van der Waals surface area contributed by atoms with Crippen molar-refractivity contribution in [2.24, 2.45) is 43.3 Å². The summed E-state index contributed by atoms with van der Waals surface area (Å²) >= 11 is 0. The smallest absolute Gasteiger partial charge is 0.230 e. The lowest BCUT2D eigenvalue weighted by molar-refractivity contribution is -0.188. The van der Waals surface area contributed by atoms with Gasteiger partial charge in [-0.25, -0.2) is 0 Å². The van der Waals surface area contributed by atoms with Crippen LogP contribution >= 0.6 is 0 Å². The molecule has 1 aromatic carbocycles. The van der Waals surface area contributed by atoms with Gasteiger partial charge in [0.2, 0.25) is 11.8 Å². The number of rotatable bonds is 4. The van der Waals surface area contributed by atoms with Crippen molar-refractivity contribution >= 4 is 23.2 Å². The van der Waals surface area contributed by atoms with E-state index in [0.29, 0.717) is 0 Å². The van der Waals surface area contributed by atoms with Crippen LogP contribution in [0.5, 0.6) is 0 Å². The molecule has 2 N–H and O–H groups in total. The largest absolute Gasteiger partial charge is 0.324 e. The average Bonchev–Trinajstić information content (AvgIpc) is 2.68. The number of benzene rings is 1. The number of hydrogen-bond acceptors (Lipinski definition) is 2. The molecule has 9 rings (SSSR count). The monoisotopic (exact) mass is 516 g/mol. The summed E-state index contributed by atoms with van der Waals surface area (Å²) in [5.41, 5.74) is 2.44. The van der Waals surface area contributed by atoms with Crippen molar-refractivity contribution in [3.63, 3.8) is 0 Å². The van der Waals surface area contributed by atoms with E-state index in [4.69, 9.17) is 0 Å². The third-order valence-corrected chi connectivity index (χ3v) is 12.1. The summed E-state index contributed by atoms with van der Waals surface area (Å²) < 4.78 is 0. The molecule has 8 saturated carbocycles. The minimum Gasteiger partial charge on any atom is -0.324 e. The van der Waals surface area contributed by atoms with Gasteiger partial charge in [0, 0.05) is 0 Å². The van der Waals surface area contributed by atoms with Gasteiger partial charge in [0.15, 0.2) is 0 Å². The second kappa shape index (κ2) is 7.07. The number of hydrogen-bond donors (Lipinski definition) is 2. The Bertz CT molecular complexity index is 1040. The van der Waals surface area contributed by atoms with E-state index >= 15 is 0 Å². The van der Waals surface area contributed by atoms with Crippen LogP contribution in [0.4, 0.5) is 11.4 Å². The van der Waals surface area contributed by atoms with Gasteiger partial charge in [-0.05, 0) is 122 Å². The fourth-order valence-corrected chi connectivity index (χ4v) is 14.3. The Morgan fingerprint density at radius 1 is 0.474 bits per heavy atom. The molecule has 0 aliphatic heterocycles. The lowest BCUT2D eigenvalue weighted by atomic mass is 9.36. The Balaban J connectivity index is 1.15. The van der Waals surface area contributed by atoms with Crippen molar-refractivity contribution in [2.75, 3.05) is 10.6 Å². The molecule has 0 saturated heterocycles. The first-order valence-electron chi connectivity index (χ1n) is 15.2. The number of amides is 2. The topological polar surface area (TPSA) is 58.2 Å². The molecule has 0 atom stereocenters. The van der Waals surface area contributed by atoms with Crippen molar-refractivity contribution in [3.05, 3.63) is 24.3 Å². The van der Waals surface area contributed by atoms with Crippen LogP contribution in [-0.4, -0.2) is 11.8 Å². The van der Waals surface area contributed by atoms with Crippen LogP contribution in [0.2, 0.25) is 0 Å². The predicted octanol–water partition coefficient (Wildman–Crippen LogP) is 8.34. The number of nitrogens with one attached hydrogen (secondary N) is 2. The Hall–Kier alpha value is -1.84. The van der Waals surface area contributed by atoms with E-state index in [9.17, 15) is 9.59 Å². The Morgan fingerprint density at radius 3 is 0.947 bits per heavy atom. The maximum Gasteiger partial charge on any atom is 0.230 e. The highest BCUT2D eigenvalue weighted by atomic mass is 16.2. The van der Waals surface area contributed by atoms with Crippen molar-refractivity contribution in [2.45, 2.75) is 119 Å². The minimum absolute atomic E-state index is 0.171. The fraction of sp³-hybridized carbons (Fsp3) is 0.765.